The van der Waals surface area contributed by atoms with E-state index in [9.17, 15) is 9.59 Å². The zero-order valence-electron chi connectivity index (χ0n) is 13.5. The summed E-state index contributed by atoms with van der Waals surface area (Å²) >= 11 is 0. The van der Waals surface area contributed by atoms with Crippen molar-refractivity contribution in [2.24, 2.45) is 0 Å². The Morgan fingerprint density at radius 1 is 1.38 bits per heavy atom. The fourth-order valence-corrected chi connectivity index (χ4v) is 2.64. The monoisotopic (exact) mass is 326 g/mol. The highest BCUT2D eigenvalue weighted by Gasteiger charge is 2.13. The molecule has 1 aromatic carbocycles. The van der Waals surface area contributed by atoms with Gasteiger partial charge in [0.2, 0.25) is 5.91 Å². The number of carbonyl (C=O) groups excluding carboxylic acids is 1. The van der Waals surface area contributed by atoms with Gasteiger partial charge >= 0.3 is 5.63 Å². The minimum Gasteiger partial charge on any atom is -0.423 e. The molecule has 3 rings (SSSR count). The molecule has 0 spiro atoms. The van der Waals surface area contributed by atoms with Crippen LogP contribution in [-0.2, 0) is 17.8 Å². The first-order valence-electron chi connectivity index (χ1n) is 7.66. The first-order chi connectivity index (χ1) is 11.5. The highest BCUT2D eigenvalue weighted by Crippen LogP contribution is 2.18. The fraction of sp³-hybridized carbons (Fsp3) is 0.294. The fourth-order valence-electron chi connectivity index (χ4n) is 2.64. The Labute approximate surface area is 138 Å². The van der Waals surface area contributed by atoms with Crippen LogP contribution in [0.5, 0.6) is 0 Å². The van der Waals surface area contributed by atoms with Gasteiger partial charge in [0.05, 0.1) is 13.0 Å². The van der Waals surface area contributed by atoms with E-state index in [-0.39, 0.29) is 18.4 Å². The summed E-state index contributed by atoms with van der Waals surface area (Å²) in [6, 6.07) is 6.87. The number of amides is 1. The third-order valence-corrected chi connectivity index (χ3v) is 3.67. The van der Waals surface area contributed by atoms with Gasteiger partial charge in [0.25, 0.3) is 0 Å². The number of aryl methyl sites for hydroxylation is 1. The van der Waals surface area contributed by atoms with Crippen molar-refractivity contribution < 1.29 is 9.21 Å². The van der Waals surface area contributed by atoms with Crippen LogP contribution in [0.1, 0.15) is 18.1 Å². The minimum absolute atomic E-state index is 0.104. The highest BCUT2D eigenvalue weighted by atomic mass is 16.4. The maximum atomic E-state index is 12.3. The lowest BCUT2D eigenvalue weighted by Crippen LogP contribution is -2.36. The maximum absolute atomic E-state index is 12.3. The number of hydrogen-bond donors (Lipinski definition) is 1. The van der Waals surface area contributed by atoms with Gasteiger partial charge in [-0.2, -0.15) is 5.10 Å². The van der Waals surface area contributed by atoms with Gasteiger partial charge in [-0.1, -0.05) is 12.1 Å². The number of aromatic nitrogens is 3. The zero-order chi connectivity index (χ0) is 17.1. The van der Waals surface area contributed by atoms with Crippen molar-refractivity contribution in [2.75, 3.05) is 0 Å². The van der Waals surface area contributed by atoms with Crippen LogP contribution in [-0.4, -0.2) is 26.7 Å². The van der Waals surface area contributed by atoms with Crippen molar-refractivity contribution in [3.8, 4) is 0 Å². The Morgan fingerprint density at radius 3 is 2.96 bits per heavy atom. The summed E-state index contributed by atoms with van der Waals surface area (Å²) < 4.78 is 6.86. The number of nitrogens with zero attached hydrogens (tertiary/aromatic N) is 3. The lowest BCUT2D eigenvalue weighted by Gasteiger charge is -2.14. The molecule has 7 nitrogen and oxygen atoms in total. The number of rotatable bonds is 5. The summed E-state index contributed by atoms with van der Waals surface area (Å²) in [4.78, 5) is 27.9. The Morgan fingerprint density at radius 2 is 2.21 bits per heavy atom. The van der Waals surface area contributed by atoms with Gasteiger partial charge in [-0.15, -0.1) is 0 Å². The topological polar surface area (TPSA) is 90.0 Å². The van der Waals surface area contributed by atoms with E-state index >= 15 is 0 Å². The molecular weight excluding hydrogens is 308 g/mol. The average Bonchev–Trinajstić information content (AvgIpc) is 2.98. The number of carbonyl (C=O) groups is 1. The van der Waals surface area contributed by atoms with E-state index in [1.807, 2.05) is 26.0 Å². The van der Waals surface area contributed by atoms with E-state index in [0.29, 0.717) is 17.7 Å². The van der Waals surface area contributed by atoms with Crippen LogP contribution in [0, 0.1) is 6.92 Å². The van der Waals surface area contributed by atoms with Crippen LogP contribution < -0.4 is 10.9 Å². The first kappa shape index (κ1) is 15.9. The second-order valence-electron chi connectivity index (χ2n) is 5.85. The molecule has 0 radical (unpaired) electrons. The number of fused-ring (bicyclic) bond motifs is 1. The molecular formula is C17H18N4O3. The van der Waals surface area contributed by atoms with Gasteiger partial charge < -0.3 is 9.73 Å². The third kappa shape index (κ3) is 3.68. The molecule has 24 heavy (non-hydrogen) atoms. The number of hydrogen-bond acceptors (Lipinski definition) is 5. The summed E-state index contributed by atoms with van der Waals surface area (Å²) in [5, 5.41) is 7.69. The lowest BCUT2D eigenvalue weighted by molar-refractivity contribution is -0.121. The van der Waals surface area contributed by atoms with Gasteiger partial charge in [-0.25, -0.2) is 9.78 Å². The smallest absolute Gasteiger partial charge is 0.336 e. The van der Waals surface area contributed by atoms with Crippen LogP contribution >= 0.6 is 0 Å². The molecule has 1 N–H and O–H groups in total. The van der Waals surface area contributed by atoms with Gasteiger partial charge in [-0.3, -0.25) is 9.48 Å². The average molecular weight is 326 g/mol. The van der Waals surface area contributed by atoms with E-state index in [0.717, 1.165) is 10.9 Å². The van der Waals surface area contributed by atoms with Gasteiger partial charge in [-0.05, 0) is 31.0 Å². The van der Waals surface area contributed by atoms with Crippen molar-refractivity contribution in [2.45, 2.75) is 32.9 Å². The molecule has 0 saturated carbocycles. The normalized spacial score (nSPS) is 12.2. The molecule has 0 aliphatic heterocycles. The van der Waals surface area contributed by atoms with Crippen molar-refractivity contribution >= 4 is 16.9 Å². The maximum Gasteiger partial charge on any atom is 0.336 e. The summed E-state index contributed by atoms with van der Waals surface area (Å²) in [5.74, 6) is -0.157. The summed E-state index contributed by atoms with van der Waals surface area (Å²) in [6.07, 6.45) is 3.17. The van der Waals surface area contributed by atoms with E-state index in [4.69, 9.17) is 4.42 Å². The molecule has 2 heterocycles. The SMILES string of the molecule is Cc1ccc2c(CC(=O)NC(C)Cn3cncn3)cc(=O)oc2c1. The summed E-state index contributed by atoms with van der Waals surface area (Å²) in [7, 11) is 0. The molecule has 124 valence electrons. The third-order valence-electron chi connectivity index (χ3n) is 3.67. The van der Waals surface area contributed by atoms with Crippen LogP contribution in [0.15, 0.2) is 46.1 Å². The lowest BCUT2D eigenvalue weighted by atomic mass is 10.1. The molecule has 1 atom stereocenters. The minimum atomic E-state index is -0.452. The van der Waals surface area contributed by atoms with Gasteiger partial charge in [0, 0.05) is 17.5 Å². The zero-order valence-corrected chi connectivity index (χ0v) is 13.5. The predicted molar refractivity (Wildman–Crippen MR) is 88.6 cm³/mol. The quantitative estimate of drug-likeness (QED) is 0.717. The largest absolute Gasteiger partial charge is 0.423 e. The molecule has 0 saturated heterocycles. The van der Waals surface area contributed by atoms with Crippen LogP contribution in [0.3, 0.4) is 0 Å². The van der Waals surface area contributed by atoms with Crippen molar-refractivity contribution in [1.82, 2.24) is 20.1 Å². The predicted octanol–water partition coefficient (Wildman–Crippen LogP) is 1.44. The van der Waals surface area contributed by atoms with E-state index in [1.165, 1.54) is 12.4 Å². The van der Waals surface area contributed by atoms with Crippen LogP contribution in [0.25, 0.3) is 11.0 Å². The van der Waals surface area contributed by atoms with E-state index in [1.54, 1.807) is 17.1 Å². The number of nitrogens with one attached hydrogen (secondary N) is 1. The molecule has 0 bridgehead atoms. The van der Waals surface area contributed by atoms with Crippen molar-refractivity contribution in [3.05, 3.63) is 58.5 Å². The molecule has 3 aromatic rings. The van der Waals surface area contributed by atoms with Crippen molar-refractivity contribution in [3.63, 3.8) is 0 Å². The first-order valence-corrected chi connectivity index (χ1v) is 7.66. The van der Waals surface area contributed by atoms with Crippen LogP contribution in [0.2, 0.25) is 0 Å². The van der Waals surface area contributed by atoms with Gasteiger partial charge in [0.1, 0.15) is 18.2 Å². The van der Waals surface area contributed by atoms with E-state index in [2.05, 4.69) is 15.4 Å². The highest BCUT2D eigenvalue weighted by molar-refractivity contribution is 5.87. The Bertz CT molecular complexity index is 915. The summed E-state index contributed by atoms with van der Waals surface area (Å²) in [5.41, 5.74) is 1.70. The number of benzene rings is 1. The Balaban J connectivity index is 1.74. The standard InChI is InChI=1S/C17H18N4O3/c1-11-3-4-14-13(7-17(23)24-15(14)5-11)6-16(22)20-12(2)8-21-10-18-9-19-21/h3-5,7,9-10,12H,6,8H2,1-2H3,(H,20,22). The summed E-state index contributed by atoms with van der Waals surface area (Å²) in [6.45, 7) is 4.34. The second kappa shape index (κ2) is 6.66. The molecule has 0 aliphatic carbocycles. The molecule has 0 aliphatic rings. The van der Waals surface area contributed by atoms with Crippen molar-refractivity contribution in [1.29, 1.82) is 0 Å². The molecule has 1 amide bonds. The Hall–Kier alpha value is -2.96. The van der Waals surface area contributed by atoms with Crippen LogP contribution in [0.4, 0.5) is 0 Å². The molecule has 0 fully saturated rings. The molecule has 1 unspecified atom stereocenters. The second-order valence-corrected chi connectivity index (χ2v) is 5.85. The Kier molecular flexibility index (Phi) is 4.41. The van der Waals surface area contributed by atoms with E-state index < -0.39 is 5.63 Å². The van der Waals surface area contributed by atoms with Gasteiger partial charge in [0.15, 0.2) is 0 Å². The molecule has 2 aromatic heterocycles. The molecule has 7 heteroatoms.